The fraction of sp³-hybridized carbons (Fsp3) is 0.414. The standard InChI is InChI=1S/C25H33FN5O6PS2.2C2HF3O2/c26-23-16-22(5-4-19(23)17-29)37-38(32,33)18-30-40(34,35)25-15-20-14-21(6-7-24(20)39-25)36-13-3-12-31(10-1-8-27)11-2-9-28;2*3-2(4,5)1(6)7/h4-7,14-16,30H,1-3,8-13,18,27-28H2,(H,32,33);2*(H,6,7). The number of ether oxygens (including phenoxy) is 1. The van der Waals surface area contributed by atoms with Crippen molar-refractivity contribution in [1.29, 1.82) is 5.26 Å². The molecule has 0 saturated carbocycles. The van der Waals surface area contributed by atoms with Crippen molar-refractivity contribution < 1.29 is 77.7 Å². The zero-order valence-corrected chi connectivity index (χ0v) is 30.3. The number of carboxylic acid groups (broad SMARTS) is 2. The monoisotopic (exact) mass is 841 g/mol. The van der Waals surface area contributed by atoms with E-state index in [-0.39, 0.29) is 15.5 Å². The van der Waals surface area contributed by atoms with Crippen LogP contribution in [-0.4, -0.2) is 98.3 Å². The Kier molecular flexibility index (Phi) is 19.3. The zero-order valence-electron chi connectivity index (χ0n) is 27.8. The summed E-state index contributed by atoms with van der Waals surface area (Å²) in [4.78, 5) is 30.2. The molecule has 0 bridgehead atoms. The van der Waals surface area contributed by atoms with Crippen molar-refractivity contribution in [2.45, 2.75) is 35.8 Å². The summed E-state index contributed by atoms with van der Waals surface area (Å²) >= 11 is 0.995. The maximum absolute atomic E-state index is 13.7. The fourth-order valence-electron chi connectivity index (χ4n) is 3.74. The van der Waals surface area contributed by atoms with Crippen molar-refractivity contribution in [2.24, 2.45) is 11.5 Å². The topological polar surface area (TPSA) is 256 Å². The highest BCUT2D eigenvalue weighted by Crippen LogP contribution is 2.42. The van der Waals surface area contributed by atoms with E-state index in [1.807, 2.05) is 0 Å². The van der Waals surface area contributed by atoms with Gasteiger partial charge in [-0.2, -0.15) is 36.3 Å². The molecule has 0 aliphatic carbocycles. The summed E-state index contributed by atoms with van der Waals surface area (Å²) < 4.78 is 129. The SMILES string of the molecule is N#Cc1ccc(OP(=O)(O)CNS(=O)(=O)c2cc3cc(OCCCN(CCCN)CCCN)ccc3s2)cc1F.O=C(O)C(F)(F)F.O=C(O)C(F)(F)F. The average molecular weight is 842 g/mol. The van der Waals surface area contributed by atoms with Gasteiger partial charge in [0.15, 0.2) is 0 Å². The first-order valence-electron chi connectivity index (χ1n) is 15.1. The Morgan fingerprint density at radius 2 is 1.43 bits per heavy atom. The van der Waals surface area contributed by atoms with Gasteiger partial charge >= 0.3 is 31.9 Å². The number of aliphatic carboxylic acids is 2. The second-order valence-corrected chi connectivity index (χ2v) is 15.3. The van der Waals surface area contributed by atoms with Gasteiger partial charge in [-0.25, -0.2) is 27.0 Å². The summed E-state index contributed by atoms with van der Waals surface area (Å²) in [7, 11) is -8.67. The highest BCUT2D eigenvalue weighted by atomic mass is 32.2. The molecule has 1 unspecified atom stereocenters. The summed E-state index contributed by atoms with van der Waals surface area (Å²) in [5.74, 6) is -6.16. The van der Waals surface area contributed by atoms with Gasteiger partial charge in [-0.05, 0) is 87.2 Å². The van der Waals surface area contributed by atoms with Crippen LogP contribution in [-0.2, 0) is 24.2 Å². The van der Waals surface area contributed by atoms with Crippen molar-refractivity contribution in [3.8, 4) is 17.6 Å². The molecule has 0 spiro atoms. The molecular weight excluding hydrogens is 806 g/mol. The smallest absolute Gasteiger partial charge is 0.490 e. The van der Waals surface area contributed by atoms with Gasteiger partial charge in [0.25, 0.3) is 10.0 Å². The van der Waals surface area contributed by atoms with Crippen molar-refractivity contribution in [1.82, 2.24) is 9.62 Å². The predicted molar refractivity (Wildman–Crippen MR) is 180 cm³/mol. The minimum Gasteiger partial charge on any atom is -0.494 e. The number of nitrogens with two attached hydrogens (primary N) is 2. The van der Waals surface area contributed by atoms with Gasteiger partial charge in [0.2, 0.25) is 0 Å². The molecule has 0 aliphatic rings. The summed E-state index contributed by atoms with van der Waals surface area (Å²) in [6.45, 7) is 4.43. The third-order valence-corrected chi connectivity index (χ3v) is 10.5. The third kappa shape index (κ3) is 17.8. The van der Waals surface area contributed by atoms with Crippen LogP contribution in [0.15, 0.2) is 46.7 Å². The zero-order chi connectivity index (χ0) is 41.3. The lowest BCUT2D eigenvalue weighted by molar-refractivity contribution is -0.193. The van der Waals surface area contributed by atoms with E-state index in [1.165, 1.54) is 6.07 Å². The lowest BCUT2D eigenvalue weighted by Crippen LogP contribution is -2.30. The van der Waals surface area contributed by atoms with E-state index >= 15 is 0 Å². The highest BCUT2D eigenvalue weighted by molar-refractivity contribution is 7.92. The Labute approximate surface area is 307 Å². The Bertz CT molecular complexity index is 1860. The van der Waals surface area contributed by atoms with Crippen LogP contribution in [0, 0.1) is 17.1 Å². The number of alkyl halides is 6. The second kappa shape index (κ2) is 21.7. The normalized spacial score (nSPS) is 12.8. The van der Waals surface area contributed by atoms with Gasteiger partial charge in [0, 0.05) is 17.3 Å². The molecule has 3 rings (SSSR count). The van der Waals surface area contributed by atoms with E-state index in [1.54, 1.807) is 24.3 Å². The number of fused-ring (bicyclic) bond motifs is 1. The molecule has 0 aliphatic heterocycles. The molecule has 25 heteroatoms. The molecule has 1 atom stereocenters. The largest absolute Gasteiger partial charge is 0.494 e. The van der Waals surface area contributed by atoms with Gasteiger partial charge in [0.1, 0.15) is 33.9 Å². The number of carbonyl (C=O) groups is 2. The maximum atomic E-state index is 13.7. The quantitative estimate of drug-likeness (QED) is 0.0624. The molecule has 3 aromatic rings. The van der Waals surface area contributed by atoms with Crippen LogP contribution in [0.1, 0.15) is 24.8 Å². The number of sulfonamides is 1. The van der Waals surface area contributed by atoms with Crippen LogP contribution in [0.4, 0.5) is 30.7 Å². The highest BCUT2D eigenvalue weighted by Gasteiger charge is 2.39. The number of benzene rings is 2. The average Bonchev–Trinajstić information content (AvgIpc) is 3.51. The summed E-state index contributed by atoms with van der Waals surface area (Å²) in [6.07, 6.45) is -8.47. The van der Waals surface area contributed by atoms with Crippen LogP contribution >= 0.6 is 18.9 Å². The minimum atomic E-state index is -5.08. The van der Waals surface area contributed by atoms with E-state index in [2.05, 4.69) is 9.62 Å². The number of halogens is 7. The first-order valence-corrected chi connectivity index (χ1v) is 19.1. The van der Waals surface area contributed by atoms with E-state index in [9.17, 15) is 48.6 Å². The number of hydrogen-bond acceptors (Lipinski definition) is 12. The van der Waals surface area contributed by atoms with Gasteiger partial charge in [0.05, 0.1) is 12.2 Å². The molecule has 0 fully saturated rings. The molecule has 54 heavy (non-hydrogen) atoms. The van der Waals surface area contributed by atoms with Crippen LogP contribution in [0.25, 0.3) is 10.1 Å². The molecular formula is C29H35F7N5O10PS2. The summed E-state index contributed by atoms with van der Waals surface area (Å²) in [5, 5.41) is 23.7. The van der Waals surface area contributed by atoms with Crippen molar-refractivity contribution in [2.75, 3.05) is 45.6 Å². The molecule has 302 valence electrons. The van der Waals surface area contributed by atoms with Gasteiger partial charge < -0.3 is 40.7 Å². The van der Waals surface area contributed by atoms with E-state index < -0.39 is 54.0 Å². The predicted octanol–water partition coefficient (Wildman–Crippen LogP) is 4.45. The number of nitrogens with one attached hydrogen (secondary N) is 1. The van der Waals surface area contributed by atoms with Crippen molar-refractivity contribution >= 4 is 51.0 Å². The lowest BCUT2D eigenvalue weighted by atomic mass is 10.2. The summed E-state index contributed by atoms with van der Waals surface area (Å²) in [5.41, 5.74) is 11.0. The third-order valence-electron chi connectivity index (χ3n) is 6.22. The number of carboxylic acids is 2. The maximum Gasteiger partial charge on any atom is 0.490 e. The van der Waals surface area contributed by atoms with Gasteiger partial charge in [-0.15, -0.1) is 11.3 Å². The molecule has 0 saturated heterocycles. The molecule has 1 aromatic heterocycles. The van der Waals surface area contributed by atoms with E-state index in [0.717, 1.165) is 68.4 Å². The van der Waals surface area contributed by atoms with Crippen molar-refractivity contribution in [3.05, 3.63) is 53.8 Å². The van der Waals surface area contributed by atoms with E-state index in [0.29, 0.717) is 35.5 Å². The van der Waals surface area contributed by atoms with Gasteiger partial charge in [-0.1, -0.05) is 0 Å². The van der Waals surface area contributed by atoms with Crippen LogP contribution in [0.3, 0.4) is 0 Å². The molecule has 0 radical (unpaired) electrons. The first-order chi connectivity index (χ1) is 24.9. The Balaban J connectivity index is 0.000000879. The van der Waals surface area contributed by atoms with Crippen LogP contribution in [0.5, 0.6) is 11.5 Å². The summed E-state index contributed by atoms with van der Waals surface area (Å²) in [6, 6.07) is 11.3. The van der Waals surface area contributed by atoms with Crippen LogP contribution in [0.2, 0.25) is 0 Å². The second-order valence-electron chi connectivity index (χ2n) is 10.5. The number of nitrogens with zero attached hydrogens (tertiary/aromatic N) is 2. The number of rotatable bonds is 17. The van der Waals surface area contributed by atoms with E-state index in [4.69, 9.17) is 45.8 Å². The molecule has 2 aromatic carbocycles. The molecule has 0 amide bonds. The Morgan fingerprint density at radius 3 is 1.91 bits per heavy atom. The fourth-order valence-corrected chi connectivity index (χ4v) is 7.66. The Hall–Kier alpha value is -4.08. The van der Waals surface area contributed by atoms with Gasteiger partial charge in [-0.3, -0.25) is 0 Å². The molecule has 15 nitrogen and oxygen atoms in total. The Morgan fingerprint density at radius 1 is 0.907 bits per heavy atom. The number of nitriles is 1. The lowest BCUT2D eigenvalue weighted by Gasteiger charge is -2.21. The van der Waals surface area contributed by atoms with Crippen molar-refractivity contribution in [3.63, 3.8) is 0 Å². The number of hydrogen-bond donors (Lipinski definition) is 6. The minimum absolute atomic E-state index is 0.0560. The first kappa shape index (κ1) is 47.9. The molecule has 1 heterocycles. The molecule has 8 N–H and O–H groups in total. The van der Waals surface area contributed by atoms with Crippen LogP contribution < -0.4 is 25.5 Å². The number of thiophene rings is 1.